The molecule has 7 nitrogen and oxygen atoms in total. The third-order valence-electron chi connectivity index (χ3n) is 5.20. The lowest BCUT2D eigenvalue weighted by Gasteiger charge is -2.14. The molecular formula is C34H36O7. The number of carbonyl (C=O) groups is 2. The highest BCUT2D eigenvalue weighted by Crippen LogP contribution is 2.17. The Bertz CT molecular complexity index is 1300. The predicted octanol–water partition coefficient (Wildman–Crippen LogP) is 7.46. The highest BCUT2D eigenvalue weighted by atomic mass is 16.7. The maximum atomic E-state index is 12.0. The maximum absolute atomic E-state index is 12.0. The van der Waals surface area contributed by atoms with Crippen LogP contribution in [0.1, 0.15) is 47.1 Å². The molecule has 41 heavy (non-hydrogen) atoms. The normalized spacial score (nSPS) is 10.4. The molecule has 0 saturated heterocycles. The van der Waals surface area contributed by atoms with E-state index in [0.717, 1.165) is 6.61 Å². The van der Waals surface area contributed by atoms with Crippen molar-refractivity contribution < 1.29 is 33.6 Å². The van der Waals surface area contributed by atoms with E-state index in [1.807, 2.05) is 57.2 Å². The summed E-state index contributed by atoms with van der Waals surface area (Å²) in [4.78, 5) is 23.8. The van der Waals surface area contributed by atoms with Gasteiger partial charge in [-0.1, -0.05) is 55.1 Å². The highest BCUT2D eigenvalue weighted by Gasteiger charge is 2.10. The van der Waals surface area contributed by atoms with Crippen molar-refractivity contribution in [1.29, 1.82) is 0 Å². The van der Waals surface area contributed by atoms with Gasteiger partial charge in [0.25, 0.3) is 0 Å². The van der Waals surface area contributed by atoms with E-state index in [-0.39, 0.29) is 17.8 Å². The number of ether oxygens (including phenoxy) is 4. The molecule has 0 bridgehead atoms. The van der Waals surface area contributed by atoms with Crippen molar-refractivity contribution in [3.8, 4) is 17.2 Å². The van der Waals surface area contributed by atoms with Crippen LogP contribution < -0.4 is 9.47 Å². The second-order valence-corrected chi connectivity index (χ2v) is 8.23. The molecule has 4 rings (SSSR count). The quantitative estimate of drug-likeness (QED) is 0.0713. The van der Waals surface area contributed by atoms with Gasteiger partial charge >= 0.3 is 5.97 Å². The van der Waals surface area contributed by atoms with Crippen molar-refractivity contribution in [2.24, 2.45) is 0 Å². The fraction of sp³-hybridized carbons (Fsp3) is 0.176. The summed E-state index contributed by atoms with van der Waals surface area (Å²) in [5, 5.41) is 9.10. The zero-order valence-corrected chi connectivity index (χ0v) is 23.6. The lowest BCUT2D eigenvalue weighted by Crippen LogP contribution is -2.16. The number of carbonyl (C=O) groups excluding carboxylic acids is 2. The van der Waals surface area contributed by atoms with E-state index in [0.29, 0.717) is 34.8 Å². The molecule has 0 aromatic heterocycles. The number of hydrogen-bond donors (Lipinski definition) is 1. The first kappa shape index (κ1) is 32.3. The van der Waals surface area contributed by atoms with Gasteiger partial charge in [-0.15, -0.1) is 0 Å². The molecule has 1 unspecified atom stereocenters. The topological polar surface area (TPSA) is 91.3 Å². The molecule has 1 atom stereocenters. The van der Waals surface area contributed by atoms with E-state index in [2.05, 4.69) is 11.3 Å². The lowest BCUT2D eigenvalue weighted by atomic mass is 10.0. The molecule has 214 valence electrons. The Morgan fingerprint density at radius 2 is 1.27 bits per heavy atom. The van der Waals surface area contributed by atoms with Crippen molar-refractivity contribution in [3.63, 3.8) is 0 Å². The number of phenols is 1. The highest BCUT2D eigenvalue weighted by molar-refractivity contribution is 6.08. The van der Waals surface area contributed by atoms with E-state index in [9.17, 15) is 9.59 Å². The van der Waals surface area contributed by atoms with Gasteiger partial charge in [0.05, 0.1) is 18.4 Å². The first-order valence-electron chi connectivity index (χ1n) is 13.1. The summed E-state index contributed by atoms with van der Waals surface area (Å²) in [6.07, 6.45) is 1.11. The Hall–Kier alpha value is -4.88. The summed E-state index contributed by atoms with van der Waals surface area (Å²) in [7, 11) is 0. The number of para-hydroxylation sites is 1. The molecule has 4 aromatic carbocycles. The SMILES string of the molecule is C=COCC.CCOC(C)Oc1ccc(C(=O)Oc2ccccc2)cc1.O=C(c1ccccc1)c1ccc(O)cc1. The van der Waals surface area contributed by atoms with Crippen LogP contribution in [0.3, 0.4) is 0 Å². The van der Waals surface area contributed by atoms with E-state index < -0.39 is 5.97 Å². The van der Waals surface area contributed by atoms with Gasteiger partial charge in [0.1, 0.15) is 17.2 Å². The Morgan fingerprint density at radius 1 is 0.732 bits per heavy atom. The molecule has 0 aliphatic carbocycles. The zero-order chi connectivity index (χ0) is 29.9. The largest absolute Gasteiger partial charge is 0.508 e. The van der Waals surface area contributed by atoms with Crippen LogP contribution in [0.2, 0.25) is 0 Å². The summed E-state index contributed by atoms with van der Waals surface area (Å²) in [6.45, 7) is 10.3. The summed E-state index contributed by atoms with van der Waals surface area (Å²) < 4.78 is 20.7. The van der Waals surface area contributed by atoms with Crippen molar-refractivity contribution in [2.45, 2.75) is 27.1 Å². The molecule has 0 radical (unpaired) electrons. The Morgan fingerprint density at radius 3 is 1.78 bits per heavy atom. The van der Waals surface area contributed by atoms with E-state index in [4.69, 9.17) is 19.3 Å². The van der Waals surface area contributed by atoms with E-state index in [1.165, 1.54) is 18.4 Å². The molecule has 0 saturated carbocycles. The molecular weight excluding hydrogens is 520 g/mol. The van der Waals surface area contributed by atoms with Gasteiger partial charge in [0.2, 0.25) is 0 Å². The first-order chi connectivity index (χ1) is 19.9. The number of ketones is 1. The first-order valence-corrected chi connectivity index (χ1v) is 13.1. The van der Waals surface area contributed by atoms with Crippen LogP contribution in [-0.2, 0) is 9.47 Å². The van der Waals surface area contributed by atoms with Crippen LogP contribution in [0, 0.1) is 0 Å². The van der Waals surface area contributed by atoms with Crippen molar-refractivity contribution in [1.82, 2.24) is 0 Å². The monoisotopic (exact) mass is 556 g/mol. The number of benzene rings is 4. The second kappa shape index (κ2) is 18.4. The summed E-state index contributed by atoms with van der Waals surface area (Å²) in [5.41, 5.74) is 1.71. The molecule has 0 heterocycles. The number of phenolic OH excluding ortho intramolecular Hbond substituents is 1. The average molecular weight is 557 g/mol. The number of hydrogen-bond acceptors (Lipinski definition) is 7. The van der Waals surface area contributed by atoms with Crippen LogP contribution in [0.5, 0.6) is 17.2 Å². The number of esters is 1. The molecule has 1 N–H and O–H groups in total. The van der Waals surface area contributed by atoms with Crippen molar-refractivity contribution >= 4 is 11.8 Å². The third kappa shape index (κ3) is 12.2. The Kier molecular flexibility index (Phi) is 14.5. The maximum Gasteiger partial charge on any atom is 0.343 e. The zero-order valence-electron chi connectivity index (χ0n) is 23.6. The van der Waals surface area contributed by atoms with E-state index in [1.54, 1.807) is 60.7 Å². The van der Waals surface area contributed by atoms with Gasteiger partial charge < -0.3 is 24.1 Å². The standard InChI is InChI=1S/C17H18O4.C13H10O2.C4H8O/c1-3-19-13(2)20-16-11-9-14(10-12-16)17(18)21-15-7-5-4-6-8-15;14-12-8-6-11(7-9-12)13(15)10-4-2-1-3-5-10;1-3-5-4-2/h4-13H,3H2,1-2H3;1-9,14H;3H,1,4H2,2H3. The minimum Gasteiger partial charge on any atom is -0.508 e. The molecule has 0 aliphatic rings. The smallest absolute Gasteiger partial charge is 0.343 e. The van der Waals surface area contributed by atoms with Gasteiger partial charge in [-0.25, -0.2) is 4.79 Å². The van der Waals surface area contributed by atoms with E-state index >= 15 is 0 Å². The van der Waals surface area contributed by atoms with Crippen LogP contribution in [0.15, 0.2) is 122 Å². The van der Waals surface area contributed by atoms with Crippen LogP contribution in [0.25, 0.3) is 0 Å². The summed E-state index contributed by atoms with van der Waals surface area (Å²) in [5.74, 6) is 0.904. The van der Waals surface area contributed by atoms with Gasteiger partial charge in [0.15, 0.2) is 12.1 Å². The Balaban J connectivity index is 0.000000256. The molecule has 0 fully saturated rings. The van der Waals surface area contributed by atoms with Crippen LogP contribution in [0.4, 0.5) is 0 Å². The molecule has 7 heteroatoms. The van der Waals surface area contributed by atoms with Gasteiger partial charge in [-0.3, -0.25) is 4.79 Å². The minimum absolute atomic E-state index is 0.0319. The fourth-order valence-electron chi connectivity index (χ4n) is 3.27. The summed E-state index contributed by atoms with van der Waals surface area (Å²) >= 11 is 0. The molecule has 4 aromatic rings. The van der Waals surface area contributed by atoms with Crippen molar-refractivity contribution in [2.75, 3.05) is 13.2 Å². The Labute approximate surface area is 241 Å². The second-order valence-electron chi connectivity index (χ2n) is 8.23. The van der Waals surface area contributed by atoms with Gasteiger partial charge in [-0.2, -0.15) is 0 Å². The summed E-state index contributed by atoms with van der Waals surface area (Å²) in [6, 6.07) is 31.1. The van der Waals surface area contributed by atoms with Gasteiger partial charge in [0, 0.05) is 17.7 Å². The fourth-order valence-corrected chi connectivity index (χ4v) is 3.27. The average Bonchev–Trinajstić information content (AvgIpc) is 3.00. The van der Waals surface area contributed by atoms with Crippen LogP contribution >= 0.6 is 0 Å². The number of aromatic hydroxyl groups is 1. The minimum atomic E-state index is -0.398. The molecule has 0 spiro atoms. The lowest BCUT2D eigenvalue weighted by molar-refractivity contribution is -0.0613. The molecule has 0 aliphatic heterocycles. The molecule has 0 amide bonds. The predicted molar refractivity (Wildman–Crippen MR) is 159 cm³/mol. The van der Waals surface area contributed by atoms with Crippen molar-refractivity contribution in [3.05, 3.63) is 139 Å². The number of rotatable bonds is 10. The van der Waals surface area contributed by atoms with Crippen LogP contribution in [-0.4, -0.2) is 36.4 Å². The van der Waals surface area contributed by atoms with Gasteiger partial charge in [-0.05, 0) is 81.4 Å². The third-order valence-corrected chi connectivity index (χ3v) is 5.20.